The van der Waals surface area contributed by atoms with E-state index in [1.165, 1.54) is 16.8 Å². The highest BCUT2D eigenvalue weighted by Gasteiger charge is 2.22. The van der Waals surface area contributed by atoms with Gasteiger partial charge in [-0.25, -0.2) is 0 Å². The van der Waals surface area contributed by atoms with E-state index in [2.05, 4.69) is 27.8 Å². The van der Waals surface area contributed by atoms with Crippen LogP contribution in [-0.2, 0) is 25.7 Å². The zero-order valence-electron chi connectivity index (χ0n) is 24.6. The first-order valence-corrected chi connectivity index (χ1v) is 14.0. The van der Waals surface area contributed by atoms with Crippen LogP contribution in [0.15, 0.2) is 77.5 Å². The van der Waals surface area contributed by atoms with Crippen LogP contribution in [-0.4, -0.2) is 40.8 Å². The van der Waals surface area contributed by atoms with Crippen molar-refractivity contribution in [3.05, 3.63) is 88.6 Å². The van der Waals surface area contributed by atoms with Crippen LogP contribution in [0.5, 0.6) is 0 Å². The molecule has 0 saturated heterocycles. The van der Waals surface area contributed by atoms with Crippen molar-refractivity contribution in [2.45, 2.75) is 64.6 Å². The third-order valence-corrected chi connectivity index (χ3v) is 6.20. The van der Waals surface area contributed by atoms with Crippen molar-refractivity contribution in [2.24, 2.45) is 5.73 Å². The van der Waals surface area contributed by atoms with E-state index in [-0.39, 0.29) is 41.7 Å². The summed E-state index contributed by atoms with van der Waals surface area (Å²) in [5, 5.41) is 10.6. The van der Waals surface area contributed by atoms with Crippen molar-refractivity contribution in [1.29, 1.82) is 0 Å². The van der Waals surface area contributed by atoms with Crippen LogP contribution in [0.4, 0.5) is 11.4 Å². The maximum absolute atomic E-state index is 12.1. The summed E-state index contributed by atoms with van der Waals surface area (Å²) in [5.74, 6) is -0.703. The Morgan fingerprint density at radius 1 is 1.16 bits per heavy atom. The lowest BCUT2D eigenvalue weighted by molar-refractivity contribution is -0.121. The van der Waals surface area contributed by atoms with Crippen molar-refractivity contribution >= 4 is 41.6 Å². The van der Waals surface area contributed by atoms with Crippen LogP contribution in [0, 0.1) is 0 Å². The molecular weight excluding hydrogens is 550 g/mol. The molecule has 1 saturated carbocycles. The van der Waals surface area contributed by atoms with E-state index in [4.69, 9.17) is 11.5 Å². The lowest BCUT2D eigenvalue weighted by Gasteiger charge is -2.13. The SMILES string of the molecule is C=C(CC)NC(=O)Cn1cccc(NC=O)c1=O.C[C@H](CC/C=C/C(=O)NC1CC1)NC(=O)/C(N)=C/c1ccccc1N. The van der Waals surface area contributed by atoms with Crippen LogP contribution < -0.4 is 38.3 Å². The molecule has 230 valence electrons. The van der Waals surface area contributed by atoms with Gasteiger partial charge in [0.15, 0.2) is 0 Å². The smallest absolute Gasteiger partial charge is 0.274 e. The summed E-state index contributed by atoms with van der Waals surface area (Å²) in [4.78, 5) is 57.3. The Balaban J connectivity index is 0.000000317. The number of pyridine rings is 1. The number of carbonyl (C=O) groups is 4. The first kappa shape index (κ1) is 34.1. The summed E-state index contributed by atoms with van der Waals surface area (Å²) in [5.41, 5.74) is 13.4. The van der Waals surface area contributed by atoms with Gasteiger partial charge in [-0.3, -0.25) is 24.0 Å². The van der Waals surface area contributed by atoms with Gasteiger partial charge in [0.2, 0.25) is 18.2 Å². The summed E-state index contributed by atoms with van der Waals surface area (Å²) in [7, 11) is 0. The Morgan fingerprint density at radius 2 is 1.88 bits per heavy atom. The van der Waals surface area contributed by atoms with Crippen LogP contribution in [0.25, 0.3) is 6.08 Å². The summed E-state index contributed by atoms with van der Waals surface area (Å²) in [6.07, 6.45) is 11.1. The average Bonchev–Trinajstić information content (AvgIpc) is 3.78. The number of carbonyl (C=O) groups excluding carboxylic acids is 4. The van der Waals surface area contributed by atoms with E-state index in [0.29, 0.717) is 42.2 Å². The molecule has 0 bridgehead atoms. The molecule has 1 aliphatic rings. The van der Waals surface area contributed by atoms with Crippen molar-refractivity contribution in [2.75, 3.05) is 11.1 Å². The van der Waals surface area contributed by atoms with Gasteiger partial charge in [0.05, 0.1) is 5.70 Å². The van der Waals surface area contributed by atoms with E-state index in [0.717, 1.165) is 19.3 Å². The largest absolute Gasteiger partial charge is 0.398 e. The molecule has 0 unspecified atom stereocenters. The molecular formula is C31H41N7O5. The van der Waals surface area contributed by atoms with Crippen LogP contribution in [0.1, 0.15) is 51.5 Å². The molecule has 43 heavy (non-hydrogen) atoms. The van der Waals surface area contributed by atoms with Gasteiger partial charge >= 0.3 is 0 Å². The molecule has 1 aliphatic carbocycles. The number of allylic oxidation sites excluding steroid dienone is 2. The lowest BCUT2D eigenvalue weighted by atomic mass is 10.1. The number of benzene rings is 1. The minimum atomic E-state index is -0.429. The number of aromatic nitrogens is 1. The first-order chi connectivity index (χ1) is 20.5. The standard InChI is InChI=1S/C19H26N4O2.C12H15N3O3/c1-13(6-2-5-9-18(24)23-15-10-11-15)22-19(25)17(21)12-14-7-3-4-8-16(14)20;1-3-9(2)14-11(17)7-15-6-4-5-10(12(15)18)13-8-16/h3-5,7-9,12-13,15H,2,6,10-11,20-21H2,1H3,(H,22,25)(H,23,24);4-6,8H,2-3,7H2,1H3,(H,13,16)(H,14,17)/b9-5+,17-12-;/t13-;/m1./s1. The highest BCUT2D eigenvalue weighted by atomic mass is 16.2. The van der Waals surface area contributed by atoms with Crippen molar-refractivity contribution in [1.82, 2.24) is 20.5 Å². The molecule has 3 rings (SSSR count). The van der Waals surface area contributed by atoms with Gasteiger partial charge in [0, 0.05) is 29.7 Å². The van der Waals surface area contributed by atoms with Gasteiger partial charge in [0.1, 0.15) is 12.2 Å². The van der Waals surface area contributed by atoms with Crippen LogP contribution in [0.2, 0.25) is 0 Å². The zero-order valence-corrected chi connectivity index (χ0v) is 24.6. The Morgan fingerprint density at radius 3 is 2.53 bits per heavy atom. The fourth-order valence-corrected chi connectivity index (χ4v) is 3.58. The molecule has 1 aromatic heterocycles. The molecule has 8 N–H and O–H groups in total. The maximum Gasteiger partial charge on any atom is 0.274 e. The molecule has 2 aromatic rings. The maximum atomic E-state index is 12.1. The second-order valence-corrected chi connectivity index (χ2v) is 9.99. The van der Waals surface area contributed by atoms with E-state index in [1.807, 2.05) is 32.1 Å². The predicted molar refractivity (Wildman–Crippen MR) is 168 cm³/mol. The second-order valence-electron chi connectivity index (χ2n) is 9.99. The number of nitrogens with two attached hydrogens (primary N) is 2. The Bertz CT molecular complexity index is 1410. The van der Waals surface area contributed by atoms with Gasteiger partial charge in [0.25, 0.3) is 11.5 Å². The fourth-order valence-electron chi connectivity index (χ4n) is 3.58. The molecule has 1 atom stereocenters. The normalized spacial score (nSPS) is 13.2. The number of hydrogen-bond acceptors (Lipinski definition) is 7. The molecule has 12 nitrogen and oxygen atoms in total. The molecule has 0 spiro atoms. The first-order valence-electron chi connectivity index (χ1n) is 14.0. The van der Waals surface area contributed by atoms with Crippen molar-refractivity contribution in [3.8, 4) is 0 Å². The number of rotatable bonds is 14. The molecule has 1 heterocycles. The van der Waals surface area contributed by atoms with Crippen molar-refractivity contribution in [3.63, 3.8) is 0 Å². The molecule has 0 radical (unpaired) electrons. The van der Waals surface area contributed by atoms with Gasteiger partial charge in [-0.1, -0.05) is 37.8 Å². The monoisotopic (exact) mass is 591 g/mol. The van der Waals surface area contributed by atoms with E-state index in [1.54, 1.807) is 30.4 Å². The molecule has 12 heteroatoms. The summed E-state index contributed by atoms with van der Waals surface area (Å²) in [6, 6.07) is 10.6. The number of nitrogens with zero attached hydrogens (tertiary/aromatic N) is 1. The predicted octanol–water partition coefficient (Wildman–Crippen LogP) is 2.14. The summed E-state index contributed by atoms with van der Waals surface area (Å²) in [6.45, 7) is 7.29. The second kappa shape index (κ2) is 17.6. The minimum Gasteiger partial charge on any atom is -0.398 e. The number of amides is 4. The van der Waals surface area contributed by atoms with Gasteiger partial charge in [-0.05, 0) is 74.9 Å². The highest BCUT2D eigenvalue weighted by Crippen LogP contribution is 2.18. The highest BCUT2D eigenvalue weighted by molar-refractivity contribution is 5.97. The quantitative estimate of drug-likeness (QED) is 0.110. The number of para-hydroxylation sites is 1. The zero-order chi connectivity index (χ0) is 31.8. The third kappa shape index (κ3) is 12.9. The number of hydrogen-bond donors (Lipinski definition) is 6. The van der Waals surface area contributed by atoms with Gasteiger partial charge in [-0.2, -0.15) is 0 Å². The Hall–Kier alpha value is -5.13. The van der Waals surface area contributed by atoms with Gasteiger partial charge in [-0.15, -0.1) is 0 Å². The van der Waals surface area contributed by atoms with E-state index < -0.39 is 5.56 Å². The third-order valence-electron chi connectivity index (χ3n) is 6.20. The molecule has 4 amide bonds. The van der Waals surface area contributed by atoms with E-state index >= 15 is 0 Å². The fraction of sp³-hybridized carbons (Fsp3) is 0.323. The van der Waals surface area contributed by atoms with Crippen molar-refractivity contribution < 1.29 is 19.2 Å². The summed E-state index contributed by atoms with van der Waals surface area (Å²) < 4.78 is 1.21. The molecule has 0 aliphatic heterocycles. The Kier molecular flexibility index (Phi) is 14.0. The molecule has 1 fully saturated rings. The van der Waals surface area contributed by atoms with Crippen LogP contribution >= 0.6 is 0 Å². The summed E-state index contributed by atoms with van der Waals surface area (Å²) >= 11 is 0. The van der Waals surface area contributed by atoms with Crippen LogP contribution in [0.3, 0.4) is 0 Å². The average molecular weight is 592 g/mol. The lowest BCUT2D eigenvalue weighted by Crippen LogP contribution is -2.35. The Labute approximate surface area is 251 Å². The van der Waals surface area contributed by atoms with E-state index in [9.17, 15) is 24.0 Å². The topological polar surface area (TPSA) is 190 Å². The number of nitrogen functional groups attached to an aromatic ring is 1. The van der Waals surface area contributed by atoms with Gasteiger partial charge < -0.3 is 37.3 Å². The molecule has 1 aromatic carbocycles. The number of anilines is 2. The minimum absolute atomic E-state index is 0.0492. The number of nitrogens with one attached hydrogen (secondary N) is 4.